The van der Waals surface area contributed by atoms with Crippen LogP contribution in [0.25, 0.3) is 0 Å². The molecule has 2 heterocycles. The van der Waals surface area contributed by atoms with Gasteiger partial charge < -0.3 is 10.4 Å². The Morgan fingerprint density at radius 3 is 3.00 bits per heavy atom. The molecule has 1 atom stereocenters. The summed E-state index contributed by atoms with van der Waals surface area (Å²) in [6, 6.07) is 0. The van der Waals surface area contributed by atoms with Crippen LogP contribution in [0.1, 0.15) is 47.0 Å². The second-order valence-electron chi connectivity index (χ2n) is 6.42. The Bertz CT molecular complexity index is 520. The number of thioether (sulfide) groups is 1. The SMILES string of the molecule is CC1CCc2c(C(=O)NCC3(O)CCSCC3)csc2C1. The highest BCUT2D eigenvalue weighted by atomic mass is 32.2. The molecule has 1 fully saturated rings. The second-order valence-corrected chi connectivity index (χ2v) is 8.61. The van der Waals surface area contributed by atoms with E-state index in [1.54, 1.807) is 11.3 Å². The van der Waals surface area contributed by atoms with Crippen molar-refractivity contribution in [2.45, 2.75) is 44.6 Å². The smallest absolute Gasteiger partial charge is 0.252 e. The topological polar surface area (TPSA) is 49.3 Å². The van der Waals surface area contributed by atoms with Gasteiger partial charge in [0.25, 0.3) is 5.91 Å². The summed E-state index contributed by atoms with van der Waals surface area (Å²) in [5.74, 6) is 2.69. The van der Waals surface area contributed by atoms with Crippen molar-refractivity contribution < 1.29 is 9.90 Å². The van der Waals surface area contributed by atoms with Crippen LogP contribution >= 0.6 is 23.1 Å². The quantitative estimate of drug-likeness (QED) is 0.898. The number of aliphatic hydroxyl groups is 1. The van der Waals surface area contributed by atoms with E-state index in [9.17, 15) is 9.90 Å². The standard InChI is InChI=1S/C16H23NO2S2/c1-11-2-3-12-13(9-21-14(12)8-11)15(18)17-10-16(19)4-6-20-7-5-16/h9,11,19H,2-8,10H2,1H3,(H,17,18). The van der Waals surface area contributed by atoms with Gasteiger partial charge in [0, 0.05) is 16.8 Å². The van der Waals surface area contributed by atoms with Gasteiger partial charge in [-0.15, -0.1) is 11.3 Å². The van der Waals surface area contributed by atoms with E-state index in [1.165, 1.54) is 16.9 Å². The first kappa shape index (κ1) is 15.4. The number of thiophene rings is 1. The molecule has 1 amide bonds. The van der Waals surface area contributed by atoms with Crippen molar-refractivity contribution in [3.8, 4) is 0 Å². The molecule has 1 aromatic rings. The zero-order valence-electron chi connectivity index (χ0n) is 12.5. The Morgan fingerprint density at radius 1 is 1.48 bits per heavy atom. The summed E-state index contributed by atoms with van der Waals surface area (Å²) < 4.78 is 0. The molecule has 21 heavy (non-hydrogen) atoms. The summed E-state index contributed by atoms with van der Waals surface area (Å²) in [6.45, 7) is 2.66. The van der Waals surface area contributed by atoms with Crippen molar-refractivity contribution >= 4 is 29.0 Å². The maximum Gasteiger partial charge on any atom is 0.252 e. The van der Waals surface area contributed by atoms with Crippen LogP contribution in [0.15, 0.2) is 5.38 Å². The summed E-state index contributed by atoms with van der Waals surface area (Å²) >= 11 is 3.59. The molecule has 2 aliphatic rings. The van der Waals surface area contributed by atoms with Crippen LogP contribution in [-0.4, -0.2) is 34.7 Å². The van der Waals surface area contributed by atoms with Crippen LogP contribution in [0, 0.1) is 5.92 Å². The number of hydrogen-bond acceptors (Lipinski definition) is 4. The van der Waals surface area contributed by atoms with E-state index in [-0.39, 0.29) is 5.91 Å². The Kier molecular flexibility index (Phi) is 4.62. The van der Waals surface area contributed by atoms with E-state index >= 15 is 0 Å². The lowest BCUT2D eigenvalue weighted by Crippen LogP contribution is -2.45. The lowest BCUT2D eigenvalue weighted by atomic mass is 9.88. The van der Waals surface area contributed by atoms with Gasteiger partial charge in [-0.25, -0.2) is 0 Å². The lowest BCUT2D eigenvalue weighted by Gasteiger charge is -2.31. The normalized spacial score (nSPS) is 24.4. The molecular weight excluding hydrogens is 302 g/mol. The van der Waals surface area contributed by atoms with Gasteiger partial charge in [0.1, 0.15) is 0 Å². The fraction of sp³-hybridized carbons (Fsp3) is 0.688. The van der Waals surface area contributed by atoms with Crippen LogP contribution in [0.4, 0.5) is 0 Å². The Hall–Kier alpha value is -0.520. The molecule has 3 rings (SSSR count). The molecule has 1 unspecified atom stereocenters. The molecule has 5 heteroatoms. The number of carbonyl (C=O) groups is 1. The largest absolute Gasteiger partial charge is 0.388 e. The minimum atomic E-state index is -0.703. The van der Waals surface area contributed by atoms with Crippen molar-refractivity contribution in [2.24, 2.45) is 5.92 Å². The highest BCUT2D eigenvalue weighted by Crippen LogP contribution is 2.33. The maximum absolute atomic E-state index is 12.4. The first-order valence-corrected chi connectivity index (χ1v) is 9.78. The Labute approximate surface area is 134 Å². The minimum Gasteiger partial charge on any atom is -0.388 e. The predicted molar refractivity (Wildman–Crippen MR) is 89.4 cm³/mol. The molecule has 0 saturated carbocycles. The van der Waals surface area contributed by atoms with Gasteiger partial charge >= 0.3 is 0 Å². The van der Waals surface area contributed by atoms with Crippen molar-refractivity contribution in [3.05, 3.63) is 21.4 Å². The number of amides is 1. The average Bonchev–Trinajstić information content (AvgIpc) is 2.88. The van der Waals surface area contributed by atoms with E-state index in [2.05, 4.69) is 12.2 Å². The number of rotatable bonds is 3. The third kappa shape index (κ3) is 3.46. The summed E-state index contributed by atoms with van der Waals surface area (Å²) in [5, 5.41) is 15.4. The van der Waals surface area contributed by atoms with Crippen molar-refractivity contribution in [1.29, 1.82) is 0 Å². The van der Waals surface area contributed by atoms with E-state index < -0.39 is 5.60 Å². The Balaban J connectivity index is 1.63. The number of carbonyl (C=O) groups excluding carboxylic acids is 1. The summed E-state index contributed by atoms with van der Waals surface area (Å²) in [7, 11) is 0. The van der Waals surface area contributed by atoms with Gasteiger partial charge in [-0.3, -0.25) is 4.79 Å². The summed E-state index contributed by atoms with van der Waals surface area (Å²) in [4.78, 5) is 13.8. The van der Waals surface area contributed by atoms with Gasteiger partial charge in [-0.1, -0.05) is 6.92 Å². The molecule has 0 aromatic carbocycles. The fourth-order valence-corrected chi connectivity index (χ4v) is 5.63. The van der Waals surface area contributed by atoms with E-state index in [4.69, 9.17) is 0 Å². The molecule has 1 aromatic heterocycles. The van der Waals surface area contributed by atoms with E-state index in [0.29, 0.717) is 6.54 Å². The first-order chi connectivity index (χ1) is 10.1. The molecule has 3 nitrogen and oxygen atoms in total. The van der Waals surface area contributed by atoms with Crippen LogP contribution in [-0.2, 0) is 12.8 Å². The zero-order chi connectivity index (χ0) is 14.9. The minimum absolute atomic E-state index is 0.00583. The molecule has 0 bridgehead atoms. The molecule has 116 valence electrons. The van der Waals surface area contributed by atoms with Crippen LogP contribution in [0.3, 0.4) is 0 Å². The van der Waals surface area contributed by atoms with E-state index in [0.717, 1.165) is 48.7 Å². The fourth-order valence-electron chi connectivity index (χ4n) is 3.14. The monoisotopic (exact) mass is 325 g/mol. The third-order valence-corrected chi connectivity index (χ3v) is 6.68. The van der Waals surface area contributed by atoms with Crippen LogP contribution in [0.2, 0.25) is 0 Å². The molecule has 1 aliphatic heterocycles. The first-order valence-electron chi connectivity index (χ1n) is 7.75. The average molecular weight is 325 g/mol. The number of hydrogen-bond donors (Lipinski definition) is 2. The van der Waals surface area contributed by atoms with E-state index in [1.807, 2.05) is 17.1 Å². The third-order valence-electron chi connectivity index (χ3n) is 4.65. The highest BCUT2D eigenvalue weighted by molar-refractivity contribution is 7.99. The Morgan fingerprint density at radius 2 is 2.24 bits per heavy atom. The van der Waals surface area contributed by atoms with Crippen LogP contribution < -0.4 is 5.32 Å². The van der Waals surface area contributed by atoms with Crippen molar-refractivity contribution in [3.63, 3.8) is 0 Å². The van der Waals surface area contributed by atoms with Crippen molar-refractivity contribution in [1.82, 2.24) is 5.32 Å². The summed E-state index contributed by atoms with van der Waals surface area (Å²) in [5.41, 5.74) is 1.39. The summed E-state index contributed by atoms with van der Waals surface area (Å²) in [6.07, 6.45) is 4.84. The van der Waals surface area contributed by atoms with Gasteiger partial charge in [0.15, 0.2) is 0 Å². The van der Waals surface area contributed by atoms with Gasteiger partial charge in [0.2, 0.25) is 0 Å². The van der Waals surface area contributed by atoms with Gasteiger partial charge in [0.05, 0.1) is 11.2 Å². The maximum atomic E-state index is 12.4. The number of fused-ring (bicyclic) bond motifs is 1. The van der Waals surface area contributed by atoms with Gasteiger partial charge in [-0.2, -0.15) is 11.8 Å². The molecule has 1 aliphatic carbocycles. The molecule has 0 radical (unpaired) electrons. The zero-order valence-corrected chi connectivity index (χ0v) is 14.1. The lowest BCUT2D eigenvalue weighted by molar-refractivity contribution is 0.0311. The van der Waals surface area contributed by atoms with Crippen LogP contribution in [0.5, 0.6) is 0 Å². The van der Waals surface area contributed by atoms with Crippen molar-refractivity contribution in [2.75, 3.05) is 18.1 Å². The number of nitrogens with one attached hydrogen (secondary N) is 1. The highest BCUT2D eigenvalue weighted by Gasteiger charge is 2.30. The second kappa shape index (κ2) is 6.31. The van der Waals surface area contributed by atoms with Gasteiger partial charge in [-0.05, 0) is 55.1 Å². The predicted octanol–water partition coefficient (Wildman–Crippen LogP) is 2.86. The molecule has 1 saturated heterocycles. The molecule has 2 N–H and O–H groups in total. The molecule has 0 spiro atoms. The molecular formula is C16H23NO2S2.